The summed E-state index contributed by atoms with van der Waals surface area (Å²) in [5.74, 6) is -0.401. The van der Waals surface area contributed by atoms with Gasteiger partial charge < -0.3 is 5.11 Å². The Morgan fingerprint density at radius 3 is 2.62 bits per heavy atom. The van der Waals surface area contributed by atoms with E-state index in [1.807, 2.05) is 13.0 Å². The van der Waals surface area contributed by atoms with E-state index in [0.29, 0.717) is 12.0 Å². The average Bonchev–Trinajstić information content (AvgIpc) is 2.60. The summed E-state index contributed by atoms with van der Waals surface area (Å²) in [5, 5.41) is 38.2. The first-order valence-electron chi connectivity index (χ1n) is 7.85. The van der Waals surface area contributed by atoms with E-state index < -0.39 is 16.4 Å². The lowest BCUT2D eigenvalue weighted by molar-refractivity contribution is -0.385. The molecule has 0 fully saturated rings. The van der Waals surface area contributed by atoms with Gasteiger partial charge in [-0.3, -0.25) is 19.5 Å². The van der Waals surface area contributed by atoms with Crippen molar-refractivity contribution < 1.29 is 10.0 Å². The molecule has 134 valence electrons. The predicted octanol–water partition coefficient (Wildman–Crippen LogP) is 3.78. The molecule has 2 rings (SSSR count). The minimum Gasteiger partial charge on any atom is -0.493 e. The average molecular weight is 355 g/mol. The molecule has 0 saturated heterocycles. The highest BCUT2D eigenvalue weighted by Crippen LogP contribution is 2.28. The number of azo groups is 1. The molecule has 0 aliphatic heterocycles. The first-order chi connectivity index (χ1) is 12.3. The van der Waals surface area contributed by atoms with Crippen molar-refractivity contribution in [1.82, 2.24) is 4.57 Å². The van der Waals surface area contributed by atoms with Gasteiger partial charge in [-0.2, -0.15) is 10.4 Å². The highest BCUT2D eigenvalue weighted by Gasteiger charge is 2.19. The maximum Gasteiger partial charge on any atom is 0.281 e. The Labute approximate surface area is 149 Å². The van der Waals surface area contributed by atoms with Crippen LogP contribution in [0.3, 0.4) is 0 Å². The summed E-state index contributed by atoms with van der Waals surface area (Å²) < 4.78 is 1.07. The molecule has 9 heteroatoms. The van der Waals surface area contributed by atoms with Gasteiger partial charge in [0.1, 0.15) is 11.6 Å². The Morgan fingerprint density at radius 1 is 1.35 bits per heavy atom. The second-order valence-corrected chi connectivity index (χ2v) is 5.67. The molecule has 1 aromatic heterocycles. The Bertz CT molecular complexity index is 1000. The third-order valence-corrected chi connectivity index (χ3v) is 3.87. The SMILES string of the molecule is CCCn1c(O)c(C#N)c(C)c(N=Nc2ccc(C)c([N+](=O)[O-])c2)c1=O. The molecule has 26 heavy (non-hydrogen) atoms. The van der Waals surface area contributed by atoms with Crippen molar-refractivity contribution in [2.24, 2.45) is 10.2 Å². The van der Waals surface area contributed by atoms with Crippen LogP contribution in [0.2, 0.25) is 0 Å². The van der Waals surface area contributed by atoms with E-state index in [9.17, 15) is 25.3 Å². The molecule has 0 unspecified atom stereocenters. The lowest BCUT2D eigenvalue weighted by atomic mass is 10.1. The second kappa shape index (κ2) is 7.57. The molecular weight excluding hydrogens is 338 g/mol. The van der Waals surface area contributed by atoms with Gasteiger partial charge in [-0.15, -0.1) is 5.11 Å². The summed E-state index contributed by atoms with van der Waals surface area (Å²) in [4.78, 5) is 23.0. The van der Waals surface area contributed by atoms with Gasteiger partial charge in [-0.1, -0.05) is 13.0 Å². The zero-order valence-electron chi connectivity index (χ0n) is 14.6. The Kier molecular flexibility index (Phi) is 5.47. The lowest BCUT2D eigenvalue weighted by Crippen LogP contribution is -2.21. The van der Waals surface area contributed by atoms with Crippen molar-refractivity contribution in [2.75, 3.05) is 0 Å². The Balaban J connectivity index is 2.60. The number of pyridine rings is 1. The van der Waals surface area contributed by atoms with Gasteiger partial charge >= 0.3 is 0 Å². The molecule has 1 heterocycles. The quantitative estimate of drug-likeness (QED) is 0.495. The van der Waals surface area contributed by atoms with E-state index >= 15 is 0 Å². The maximum absolute atomic E-state index is 12.6. The van der Waals surface area contributed by atoms with Crippen LogP contribution in [-0.2, 0) is 6.54 Å². The number of aromatic hydroxyl groups is 1. The number of hydrogen-bond donors (Lipinski definition) is 1. The molecule has 0 aliphatic carbocycles. The molecule has 0 radical (unpaired) electrons. The number of aryl methyl sites for hydroxylation is 1. The van der Waals surface area contributed by atoms with Crippen molar-refractivity contribution in [3.8, 4) is 11.9 Å². The minimum atomic E-state index is -0.578. The smallest absolute Gasteiger partial charge is 0.281 e. The van der Waals surface area contributed by atoms with E-state index in [1.54, 1.807) is 6.92 Å². The largest absolute Gasteiger partial charge is 0.493 e. The number of nitro benzene ring substituents is 1. The van der Waals surface area contributed by atoms with E-state index in [4.69, 9.17) is 0 Å². The highest BCUT2D eigenvalue weighted by molar-refractivity contribution is 5.57. The third-order valence-electron chi connectivity index (χ3n) is 3.87. The number of hydrogen-bond acceptors (Lipinski definition) is 7. The fraction of sp³-hybridized carbons (Fsp3) is 0.294. The molecule has 0 atom stereocenters. The normalized spacial score (nSPS) is 10.8. The van der Waals surface area contributed by atoms with Crippen LogP contribution >= 0.6 is 0 Å². The zero-order chi connectivity index (χ0) is 19.4. The topological polar surface area (TPSA) is 134 Å². The fourth-order valence-corrected chi connectivity index (χ4v) is 2.45. The van der Waals surface area contributed by atoms with Crippen LogP contribution in [0.4, 0.5) is 17.1 Å². The van der Waals surface area contributed by atoms with E-state index in [2.05, 4.69) is 10.2 Å². The molecular formula is C17H17N5O4. The fourth-order valence-electron chi connectivity index (χ4n) is 2.45. The van der Waals surface area contributed by atoms with E-state index in [1.165, 1.54) is 25.1 Å². The van der Waals surface area contributed by atoms with E-state index in [-0.39, 0.29) is 34.7 Å². The summed E-state index contributed by atoms with van der Waals surface area (Å²) in [6, 6.07) is 6.19. The van der Waals surface area contributed by atoms with Crippen LogP contribution in [0.5, 0.6) is 5.88 Å². The van der Waals surface area contributed by atoms with Gasteiger partial charge in [0.15, 0.2) is 5.69 Å². The van der Waals surface area contributed by atoms with Crippen molar-refractivity contribution in [3.63, 3.8) is 0 Å². The van der Waals surface area contributed by atoms with Crippen LogP contribution in [0.15, 0.2) is 33.2 Å². The molecule has 9 nitrogen and oxygen atoms in total. The van der Waals surface area contributed by atoms with Crippen LogP contribution in [0.1, 0.15) is 30.0 Å². The highest BCUT2D eigenvalue weighted by atomic mass is 16.6. The summed E-state index contributed by atoms with van der Waals surface area (Å²) in [6.45, 7) is 5.14. The number of nitro groups is 1. The van der Waals surface area contributed by atoms with E-state index in [0.717, 1.165) is 4.57 Å². The van der Waals surface area contributed by atoms with Crippen LogP contribution < -0.4 is 5.56 Å². The van der Waals surface area contributed by atoms with Gasteiger partial charge in [0.2, 0.25) is 5.88 Å². The molecule has 1 aromatic carbocycles. The first kappa shape index (κ1) is 18.8. The van der Waals surface area contributed by atoms with Crippen LogP contribution in [0, 0.1) is 35.3 Å². The minimum absolute atomic E-state index is 0.0538. The summed E-state index contributed by atoms with van der Waals surface area (Å²) in [5.41, 5.74) is 0.0587. The Hall–Kier alpha value is -3.54. The number of nitrogens with zero attached hydrogens (tertiary/aromatic N) is 5. The number of rotatable bonds is 5. The lowest BCUT2D eigenvalue weighted by Gasteiger charge is -2.11. The van der Waals surface area contributed by atoms with Gasteiger partial charge in [0.25, 0.3) is 11.2 Å². The summed E-state index contributed by atoms with van der Waals surface area (Å²) in [6.07, 6.45) is 0.572. The van der Waals surface area contributed by atoms with Gasteiger partial charge in [0.05, 0.1) is 10.6 Å². The van der Waals surface area contributed by atoms with Crippen molar-refractivity contribution in [3.05, 3.63) is 55.4 Å². The molecule has 2 aromatic rings. The molecule has 0 saturated carbocycles. The number of nitriles is 1. The van der Waals surface area contributed by atoms with Crippen molar-refractivity contribution in [1.29, 1.82) is 5.26 Å². The third kappa shape index (κ3) is 3.44. The molecule has 0 spiro atoms. The number of aromatic nitrogens is 1. The first-order valence-corrected chi connectivity index (χ1v) is 7.85. The zero-order valence-corrected chi connectivity index (χ0v) is 14.6. The van der Waals surface area contributed by atoms with Crippen LogP contribution in [0.25, 0.3) is 0 Å². The monoisotopic (exact) mass is 355 g/mol. The molecule has 0 bridgehead atoms. The Morgan fingerprint density at radius 2 is 2.04 bits per heavy atom. The van der Waals surface area contributed by atoms with Crippen molar-refractivity contribution in [2.45, 2.75) is 33.7 Å². The molecule has 0 aliphatic rings. The van der Waals surface area contributed by atoms with Gasteiger partial charge in [-0.25, -0.2) is 0 Å². The standard InChI is InChI=1S/C17H17N5O4/c1-4-7-21-16(23)13(9-18)11(3)15(17(21)24)20-19-12-6-5-10(2)14(8-12)22(25)26/h5-6,8,23H,4,7H2,1-3H3. The summed E-state index contributed by atoms with van der Waals surface area (Å²) in [7, 11) is 0. The second-order valence-electron chi connectivity index (χ2n) is 5.67. The van der Waals surface area contributed by atoms with Crippen molar-refractivity contribution >= 4 is 17.1 Å². The predicted molar refractivity (Wildman–Crippen MR) is 94.1 cm³/mol. The summed E-state index contributed by atoms with van der Waals surface area (Å²) >= 11 is 0. The van der Waals surface area contributed by atoms with Crippen LogP contribution in [-0.4, -0.2) is 14.6 Å². The molecule has 1 N–H and O–H groups in total. The maximum atomic E-state index is 12.6. The van der Waals surface area contributed by atoms with Gasteiger partial charge in [-0.05, 0) is 26.3 Å². The van der Waals surface area contributed by atoms with Gasteiger partial charge in [0, 0.05) is 23.7 Å². The number of benzene rings is 1. The molecule has 0 amide bonds.